The molecule has 25 heavy (non-hydrogen) atoms. The Labute approximate surface area is 147 Å². The molecule has 2 amide bonds. The first-order chi connectivity index (χ1) is 12.1. The molecule has 1 aromatic carbocycles. The lowest BCUT2D eigenvalue weighted by molar-refractivity contribution is -0.137. The van der Waals surface area contributed by atoms with E-state index in [1.165, 1.54) is 6.33 Å². The lowest BCUT2D eigenvalue weighted by Crippen LogP contribution is -2.43. The van der Waals surface area contributed by atoms with Crippen LogP contribution in [-0.2, 0) is 9.59 Å². The molecule has 2 aromatic rings. The Morgan fingerprint density at radius 2 is 1.92 bits per heavy atom. The van der Waals surface area contributed by atoms with Gasteiger partial charge in [-0.3, -0.25) is 9.59 Å². The molecule has 1 aromatic heterocycles. The fraction of sp³-hybridized carbons (Fsp3) is 0.444. The van der Waals surface area contributed by atoms with Gasteiger partial charge in [0.25, 0.3) is 0 Å². The van der Waals surface area contributed by atoms with Crippen molar-refractivity contribution in [3.8, 4) is 5.69 Å². The van der Waals surface area contributed by atoms with Gasteiger partial charge in [-0.2, -0.15) is 5.10 Å². The largest absolute Gasteiger partial charge is 0.342 e. The van der Waals surface area contributed by atoms with Gasteiger partial charge < -0.3 is 10.2 Å². The normalized spacial score (nSPS) is 15.4. The van der Waals surface area contributed by atoms with E-state index < -0.39 is 0 Å². The molecule has 0 saturated carbocycles. The summed E-state index contributed by atoms with van der Waals surface area (Å²) in [6.45, 7) is 5.09. The molecular weight excluding hydrogens is 318 g/mol. The maximum absolute atomic E-state index is 12.6. The minimum atomic E-state index is -0.0833. The Morgan fingerprint density at radius 3 is 2.56 bits per heavy atom. The number of anilines is 1. The van der Waals surface area contributed by atoms with E-state index in [-0.39, 0.29) is 23.7 Å². The third-order valence-corrected chi connectivity index (χ3v) is 4.50. The molecule has 0 spiro atoms. The quantitative estimate of drug-likeness (QED) is 0.923. The lowest BCUT2D eigenvalue weighted by atomic mass is 9.95. The number of nitrogens with one attached hydrogen (secondary N) is 1. The number of carbonyl (C=O) groups is 2. The molecule has 0 radical (unpaired) electrons. The highest BCUT2D eigenvalue weighted by Gasteiger charge is 2.28. The van der Waals surface area contributed by atoms with Crippen molar-refractivity contribution in [2.45, 2.75) is 26.7 Å². The van der Waals surface area contributed by atoms with Crippen LogP contribution in [0.25, 0.3) is 5.69 Å². The first kappa shape index (κ1) is 17.1. The van der Waals surface area contributed by atoms with Gasteiger partial charge in [0.05, 0.1) is 11.4 Å². The minimum Gasteiger partial charge on any atom is -0.342 e. The first-order valence-corrected chi connectivity index (χ1v) is 8.60. The third-order valence-electron chi connectivity index (χ3n) is 4.50. The van der Waals surface area contributed by atoms with E-state index in [4.69, 9.17) is 0 Å². The highest BCUT2D eigenvalue weighted by Crippen LogP contribution is 2.23. The van der Waals surface area contributed by atoms with Crippen LogP contribution < -0.4 is 5.32 Å². The molecule has 0 unspecified atom stereocenters. The van der Waals surface area contributed by atoms with Crippen molar-refractivity contribution in [2.75, 3.05) is 18.4 Å². The van der Waals surface area contributed by atoms with Gasteiger partial charge in [-0.1, -0.05) is 26.0 Å². The van der Waals surface area contributed by atoms with E-state index in [0.717, 1.165) is 5.69 Å². The summed E-state index contributed by atoms with van der Waals surface area (Å²) in [5.41, 5.74) is 1.49. The second kappa shape index (κ2) is 7.46. The van der Waals surface area contributed by atoms with Crippen LogP contribution in [0, 0.1) is 11.8 Å². The molecule has 1 fully saturated rings. The molecule has 132 valence electrons. The van der Waals surface area contributed by atoms with E-state index >= 15 is 0 Å². The Balaban J connectivity index is 1.64. The zero-order chi connectivity index (χ0) is 17.8. The number of carbonyl (C=O) groups excluding carboxylic acids is 2. The predicted octanol–water partition coefficient (Wildman–Crippen LogP) is 2.10. The fourth-order valence-electron chi connectivity index (χ4n) is 3.07. The van der Waals surface area contributed by atoms with Crippen molar-refractivity contribution in [3.63, 3.8) is 0 Å². The SMILES string of the molecule is CC(C)C(=O)N1CCC(C(=O)Nc2ccccc2-n2cncn2)CC1. The highest BCUT2D eigenvalue weighted by molar-refractivity contribution is 5.94. The summed E-state index contributed by atoms with van der Waals surface area (Å²) >= 11 is 0. The van der Waals surface area contributed by atoms with Crippen LogP contribution in [0.1, 0.15) is 26.7 Å². The highest BCUT2D eigenvalue weighted by atomic mass is 16.2. The summed E-state index contributed by atoms with van der Waals surface area (Å²) in [6.07, 6.45) is 4.44. The van der Waals surface area contributed by atoms with Crippen molar-refractivity contribution in [2.24, 2.45) is 11.8 Å². The molecule has 3 rings (SSSR count). The van der Waals surface area contributed by atoms with Gasteiger partial charge in [0.15, 0.2) is 0 Å². The van der Waals surface area contributed by atoms with Gasteiger partial charge in [-0.25, -0.2) is 9.67 Å². The molecule has 7 heteroatoms. The van der Waals surface area contributed by atoms with Crippen LogP contribution in [0.15, 0.2) is 36.9 Å². The van der Waals surface area contributed by atoms with Crippen molar-refractivity contribution in [1.29, 1.82) is 0 Å². The molecule has 0 bridgehead atoms. The monoisotopic (exact) mass is 341 g/mol. The number of aromatic nitrogens is 3. The van der Waals surface area contributed by atoms with Gasteiger partial charge in [-0.05, 0) is 25.0 Å². The Morgan fingerprint density at radius 1 is 1.20 bits per heavy atom. The van der Waals surface area contributed by atoms with Gasteiger partial charge in [-0.15, -0.1) is 0 Å². The Bertz CT molecular complexity index is 734. The number of para-hydroxylation sites is 2. The van der Waals surface area contributed by atoms with E-state index in [9.17, 15) is 9.59 Å². The Hall–Kier alpha value is -2.70. The molecule has 7 nitrogen and oxygen atoms in total. The Kier molecular flexibility index (Phi) is 5.11. The number of rotatable bonds is 4. The standard InChI is InChI=1S/C18H23N5O2/c1-13(2)18(25)22-9-7-14(8-10-22)17(24)21-15-5-3-4-6-16(15)23-12-19-11-20-23/h3-6,11-14H,7-10H2,1-2H3,(H,21,24). The number of piperidine rings is 1. The molecular formula is C18H23N5O2. The van der Waals surface area contributed by atoms with Gasteiger partial charge in [0, 0.05) is 24.9 Å². The van der Waals surface area contributed by atoms with E-state index in [2.05, 4.69) is 15.4 Å². The molecule has 1 saturated heterocycles. The topological polar surface area (TPSA) is 80.1 Å². The second-order valence-corrected chi connectivity index (χ2v) is 6.60. The fourth-order valence-corrected chi connectivity index (χ4v) is 3.07. The molecule has 2 heterocycles. The number of nitrogens with zero attached hydrogens (tertiary/aromatic N) is 4. The van der Waals surface area contributed by atoms with Crippen LogP contribution in [0.4, 0.5) is 5.69 Å². The van der Waals surface area contributed by atoms with Gasteiger partial charge >= 0.3 is 0 Å². The van der Waals surface area contributed by atoms with E-state index in [1.807, 2.05) is 43.0 Å². The van der Waals surface area contributed by atoms with Crippen LogP contribution in [0.3, 0.4) is 0 Å². The van der Waals surface area contributed by atoms with Crippen LogP contribution >= 0.6 is 0 Å². The summed E-state index contributed by atoms with van der Waals surface area (Å²) in [7, 11) is 0. The average Bonchev–Trinajstić information content (AvgIpc) is 3.16. The average molecular weight is 341 g/mol. The second-order valence-electron chi connectivity index (χ2n) is 6.60. The summed E-state index contributed by atoms with van der Waals surface area (Å²) < 4.78 is 1.62. The smallest absolute Gasteiger partial charge is 0.227 e. The molecule has 0 atom stereocenters. The summed E-state index contributed by atoms with van der Waals surface area (Å²) in [5.74, 6) is 0.0690. The van der Waals surface area contributed by atoms with Crippen molar-refractivity contribution >= 4 is 17.5 Å². The number of benzene rings is 1. The first-order valence-electron chi connectivity index (χ1n) is 8.60. The van der Waals surface area contributed by atoms with Crippen LogP contribution in [-0.4, -0.2) is 44.6 Å². The maximum atomic E-state index is 12.6. The number of hydrogen-bond acceptors (Lipinski definition) is 4. The van der Waals surface area contributed by atoms with Crippen molar-refractivity contribution in [3.05, 3.63) is 36.9 Å². The zero-order valence-electron chi connectivity index (χ0n) is 14.6. The number of amides is 2. The van der Waals surface area contributed by atoms with Crippen molar-refractivity contribution in [1.82, 2.24) is 19.7 Å². The van der Waals surface area contributed by atoms with Crippen LogP contribution in [0.5, 0.6) is 0 Å². The summed E-state index contributed by atoms with van der Waals surface area (Å²) in [6, 6.07) is 7.50. The van der Waals surface area contributed by atoms with Crippen LogP contribution in [0.2, 0.25) is 0 Å². The van der Waals surface area contributed by atoms with Gasteiger partial charge in [0.1, 0.15) is 12.7 Å². The van der Waals surface area contributed by atoms with E-state index in [0.29, 0.717) is 31.6 Å². The zero-order valence-corrected chi connectivity index (χ0v) is 14.6. The summed E-state index contributed by atoms with van der Waals surface area (Å²) in [4.78, 5) is 30.5. The molecule has 1 aliphatic heterocycles. The molecule has 0 aliphatic carbocycles. The van der Waals surface area contributed by atoms with Crippen molar-refractivity contribution < 1.29 is 9.59 Å². The predicted molar refractivity (Wildman–Crippen MR) is 94.1 cm³/mol. The van der Waals surface area contributed by atoms with E-state index in [1.54, 1.807) is 11.0 Å². The third kappa shape index (κ3) is 3.87. The number of likely N-dealkylation sites (tertiary alicyclic amines) is 1. The minimum absolute atomic E-state index is 0.0000614. The summed E-state index contributed by atoms with van der Waals surface area (Å²) in [5, 5.41) is 7.13. The number of hydrogen-bond donors (Lipinski definition) is 1. The molecule has 1 N–H and O–H groups in total. The molecule has 1 aliphatic rings. The lowest BCUT2D eigenvalue weighted by Gasteiger charge is -2.32. The maximum Gasteiger partial charge on any atom is 0.227 e. The van der Waals surface area contributed by atoms with Gasteiger partial charge in [0.2, 0.25) is 11.8 Å².